The van der Waals surface area contributed by atoms with Crippen molar-refractivity contribution < 1.29 is 18.7 Å². The third kappa shape index (κ3) is 5.70. The Kier molecular flexibility index (Phi) is 7.05. The molecule has 3 rings (SSSR count). The molecule has 0 atom stereocenters. The van der Waals surface area contributed by atoms with E-state index in [-0.39, 0.29) is 24.1 Å². The Bertz CT molecular complexity index is 833. The topological polar surface area (TPSA) is 61.9 Å². The average Bonchev–Trinajstić information content (AvgIpc) is 2.75. The van der Waals surface area contributed by atoms with Crippen LogP contribution in [0.15, 0.2) is 48.5 Å². The van der Waals surface area contributed by atoms with Gasteiger partial charge in [0.15, 0.2) is 0 Å². The third-order valence-electron chi connectivity index (χ3n) is 5.02. The smallest absolute Gasteiger partial charge is 0.232 e. The number of ether oxygens (including phenoxy) is 1. The highest BCUT2D eigenvalue weighted by Crippen LogP contribution is 2.28. The molecule has 1 heterocycles. The Labute approximate surface area is 170 Å². The molecular weight excluding hydrogens is 373 g/mol. The van der Waals surface area contributed by atoms with Gasteiger partial charge in [-0.1, -0.05) is 24.3 Å². The molecule has 0 saturated carbocycles. The molecule has 7 heteroatoms. The number of rotatable bonds is 7. The summed E-state index contributed by atoms with van der Waals surface area (Å²) in [5.74, 6) is 0.0789. The zero-order chi connectivity index (χ0) is 20.6. The number of piperazine rings is 1. The molecule has 2 aromatic carbocycles. The largest absolute Gasteiger partial charge is 0.495 e. The van der Waals surface area contributed by atoms with E-state index in [4.69, 9.17) is 4.74 Å². The van der Waals surface area contributed by atoms with Crippen molar-refractivity contribution in [1.82, 2.24) is 10.2 Å². The zero-order valence-corrected chi connectivity index (χ0v) is 16.6. The molecule has 2 aromatic rings. The van der Waals surface area contributed by atoms with Crippen LogP contribution < -0.4 is 15.0 Å². The predicted octanol–water partition coefficient (Wildman–Crippen LogP) is 2.23. The first-order chi connectivity index (χ1) is 14.1. The highest BCUT2D eigenvalue weighted by Gasteiger charge is 2.24. The van der Waals surface area contributed by atoms with Gasteiger partial charge in [0.1, 0.15) is 18.0 Å². The molecule has 6 nitrogen and oxygen atoms in total. The van der Waals surface area contributed by atoms with Crippen LogP contribution in [-0.4, -0.2) is 56.5 Å². The van der Waals surface area contributed by atoms with Crippen LogP contribution in [0.5, 0.6) is 5.75 Å². The normalized spacial score (nSPS) is 13.9. The molecule has 0 spiro atoms. The van der Waals surface area contributed by atoms with Gasteiger partial charge >= 0.3 is 0 Å². The second-order valence-corrected chi connectivity index (χ2v) is 6.94. The summed E-state index contributed by atoms with van der Waals surface area (Å²) in [6.07, 6.45) is 0.440. The molecule has 0 unspecified atom stereocenters. The standard InChI is InChI=1S/C22H26FN3O3/c1-29-20-5-3-2-4-19(20)25-12-14-26(15-13-25)22(28)16-21(27)24-11-10-17-6-8-18(23)9-7-17/h2-9H,10-16H2,1H3,(H,24,27). The van der Waals surface area contributed by atoms with Crippen molar-refractivity contribution in [2.45, 2.75) is 12.8 Å². The minimum absolute atomic E-state index is 0.155. The monoisotopic (exact) mass is 399 g/mol. The number of hydrogen-bond donors (Lipinski definition) is 1. The van der Waals surface area contributed by atoms with E-state index >= 15 is 0 Å². The van der Waals surface area contributed by atoms with Gasteiger partial charge in [-0.25, -0.2) is 4.39 Å². The van der Waals surface area contributed by atoms with E-state index in [0.29, 0.717) is 39.1 Å². The van der Waals surface area contributed by atoms with E-state index < -0.39 is 0 Å². The van der Waals surface area contributed by atoms with Crippen LogP contribution in [0.1, 0.15) is 12.0 Å². The Morgan fingerprint density at radius 3 is 2.41 bits per heavy atom. The van der Waals surface area contributed by atoms with Crippen LogP contribution in [0.4, 0.5) is 10.1 Å². The van der Waals surface area contributed by atoms with Crippen molar-refractivity contribution in [2.75, 3.05) is 44.7 Å². The molecule has 1 aliphatic rings. The molecule has 0 aliphatic carbocycles. The molecule has 1 fully saturated rings. The van der Waals surface area contributed by atoms with Gasteiger partial charge < -0.3 is 19.9 Å². The first-order valence-corrected chi connectivity index (χ1v) is 9.73. The van der Waals surface area contributed by atoms with E-state index in [2.05, 4.69) is 10.2 Å². The van der Waals surface area contributed by atoms with Crippen LogP contribution in [-0.2, 0) is 16.0 Å². The number of halogens is 1. The fourth-order valence-electron chi connectivity index (χ4n) is 3.40. The van der Waals surface area contributed by atoms with E-state index in [0.717, 1.165) is 17.0 Å². The van der Waals surface area contributed by atoms with Gasteiger partial charge in [-0.3, -0.25) is 9.59 Å². The molecule has 0 aromatic heterocycles. The van der Waals surface area contributed by atoms with Crippen molar-refractivity contribution in [3.63, 3.8) is 0 Å². The minimum Gasteiger partial charge on any atom is -0.495 e. The summed E-state index contributed by atoms with van der Waals surface area (Å²) in [7, 11) is 1.65. The zero-order valence-electron chi connectivity index (χ0n) is 16.6. The van der Waals surface area contributed by atoms with Crippen LogP contribution >= 0.6 is 0 Å². The van der Waals surface area contributed by atoms with Crippen molar-refractivity contribution >= 4 is 17.5 Å². The van der Waals surface area contributed by atoms with Gasteiger partial charge in [-0.15, -0.1) is 0 Å². The highest BCUT2D eigenvalue weighted by molar-refractivity contribution is 5.97. The summed E-state index contributed by atoms with van der Waals surface area (Å²) in [6.45, 7) is 2.94. The molecule has 154 valence electrons. The van der Waals surface area contributed by atoms with Crippen molar-refractivity contribution in [3.05, 3.63) is 59.9 Å². The molecule has 0 bridgehead atoms. The molecule has 2 amide bonds. The van der Waals surface area contributed by atoms with E-state index in [1.54, 1.807) is 24.1 Å². The maximum absolute atomic E-state index is 12.9. The third-order valence-corrected chi connectivity index (χ3v) is 5.02. The summed E-state index contributed by atoms with van der Waals surface area (Å²) in [4.78, 5) is 28.4. The van der Waals surface area contributed by atoms with Crippen LogP contribution in [0, 0.1) is 5.82 Å². The number of carbonyl (C=O) groups is 2. The lowest BCUT2D eigenvalue weighted by molar-refractivity contribution is -0.136. The second kappa shape index (κ2) is 9.91. The summed E-state index contributed by atoms with van der Waals surface area (Å²) < 4.78 is 18.3. The minimum atomic E-state index is -0.288. The van der Waals surface area contributed by atoms with E-state index in [9.17, 15) is 14.0 Å². The molecule has 29 heavy (non-hydrogen) atoms. The number of nitrogens with one attached hydrogen (secondary N) is 1. The fourth-order valence-corrected chi connectivity index (χ4v) is 3.40. The summed E-state index contributed by atoms with van der Waals surface area (Å²) in [6, 6.07) is 14.0. The van der Waals surface area contributed by atoms with Crippen molar-refractivity contribution in [2.24, 2.45) is 0 Å². The van der Waals surface area contributed by atoms with Gasteiger partial charge in [0.05, 0.1) is 12.8 Å². The van der Waals surface area contributed by atoms with Crippen molar-refractivity contribution in [1.29, 1.82) is 0 Å². The summed E-state index contributed by atoms with van der Waals surface area (Å²) >= 11 is 0. The Morgan fingerprint density at radius 1 is 1.03 bits per heavy atom. The Hall–Kier alpha value is -3.09. The van der Waals surface area contributed by atoms with Gasteiger partial charge in [0, 0.05) is 32.7 Å². The fraction of sp³-hybridized carbons (Fsp3) is 0.364. The first-order valence-electron chi connectivity index (χ1n) is 9.73. The first kappa shape index (κ1) is 20.6. The number of amides is 2. The van der Waals surface area contributed by atoms with E-state index in [1.165, 1.54) is 12.1 Å². The number of methoxy groups -OCH3 is 1. The number of hydrogen-bond acceptors (Lipinski definition) is 4. The van der Waals surface area contributed by atoms with Gasteiger partial charge in [0.2, 0.25) is 11.8 Å². The maximum Gasteiger partial charge on any atom is 0.232 e. The number of para-hydroxylation sites is 2. The summed E-state index contributed by atoms with van der Waals surface area (Å²) in [5.41, 5.74) is 1.95. The quantitative estimate of drug-likeness (QED) is 0.726. The van der Waals surface area contributed by atoms with Crippen LogP contribution in [0.25, 0.3) is 0 Å². The van der Waals surface area contributed by atoms with Crippen LogP contribution in [0.2, 0.25) is 0 Å². The van der Waals surface area contributed by atoms with Gasteiger partial charge in [-0.05, 0) is 36.2 Å². The van der Waals surface area contributed by atoms with Crippen molar-refractivity contribution in [3.8, 4) is 5.75 Å². The van der Waals surface area contributed by atoms with Gasteiger partial charge in [-0.2, -0.15) is 0 Å². The lowest BCUT2D eigenvalue weighted by Crippen LogP contribution is -2.49. The average molecular weight is 399 g/mol. The van der Waals surface area contributed by atoms with E-state index in [1.807, 2.05) is 24.3 Å². The van der Waals surface area contributed by atoms with Crippen LogP contribution in [0.3, 0.4) is 0 Å². The number of anilines is 1. The second-order valence-electron chi connectivity index (χ2n) is 6.94. The SMILES string of the molecule is COc1ccccc1N1CCN(C(=O)CC(=O)NCCc2ccc(F)cc2)CC1. The number of carbonyl (C=O) groups excluding carboxylic acids is 2. The lowest BCUT2D eigenvalue weighted by Gasteiger charge is -2.36. The molecular formula is C22H26FN3O3. The predicted molar refractivity (Wildman–Crippen MR) is 110 cm³/mol. The number of nitrogens with zero attached hydrogens (tertiary/aromatic N) is 2. The Morgan fingerprint density at radius 2 is 1.72 bits per heavy atom. The lowest BCUT2D eigenvalue weighted by atomic mass is 10.1. The Balaban J connectivity index is 1.41. The molecule has 1 aliphatic heterocycles. The molecule has 0 radical (unpaired) electrons. The molecule has 1 saturated heterocycles. The maximum atomic E-state index is 12.9. The number of benzene rings is 2. The highest BCUT2D eigenvalue weighted by atomic mass is 19.1. The molecule has 1 N–H and O–H groups in total. The summed E-state index contributed by atoms with van der Waals surface area (Å²) in [5, 5.41) is 2.76. The van der Waals surface area contributed by atoms with Gasteiger partial charge in [0.25, 0.3) is 0 Å².